The Balaban J connectivity index is 1.83. The van der Waals surface area contributed by atoms with E-state index in [9.17, 15) is 0 Å². The summed E-state index contributed by atoms with van der Waals surface area (Å²) in [5, 5.41) is 3.67. The van der Waals surface area contributed by atoms with Crippen molar-refractivity contribution in [3.05, 3.63) is 16.6 Å². The first-order valence-corrected chi connectivity index (χ1v) is 6.76. The number of nitrogens with zero attached hydrogens (tertiary/aromatic N) is 1. The average Bonchev–Trinajstić information content (AvgIpc) is 2.73. The second kappa shape index (κ2) is 5.08. The van der Waals surface area contributed by atoms with E-state index in [1.807, 2.05) is 11.7 Å². The van der Waals surface area contributed by atoms with E-state index in [4.69, 9.17) is 0 Å². The summed E-state index contributed by atoms with van der Waals surface area (Å²) in [4.78, 5) is 5.45. The molecule has 0 spiro atoms. The molecule has 0 radical (unpaired) electrons. The van der Waals surface area contributed by atoms with E-state index in [2.05, 4.69) is 24.1 Å². The van der Waals surface area contributed by atoms with Crippen LogP contribution in [0.5, 0.6) is 0 Å². The molecule has 1 aromatic rings. The molecule has 0 saturated heterocycles. The molecule has 3 heteroatoms. The third-order valence-corrected chi connectivity index (χ3v) is 4.51. The minimum Gasteiger partial charge on any atom is -0.309 e. The number of aromatic nitrogens is 1. The molecule has 1 saturated carbocycles. The molecule has 1 aromatic heterocycles. The van der Waals surface area contributed by atoms with Gasteiger partial charge in [-0.1, -0.05) is 26.7 Å². The van der Waals surface area contributed by atoms with Crippen LogP contribution in [0.15, 0.2) is 11.7 Å². The Morgan fingerprint density at radius 2 is 2.33 bits per heavy atom. The van der Waals surface area contributed by atoms with Crippen molar-refractivity contribution in [3.63, 3.8) is 0 Å². The second-order valence-electron chi connectivity index (χ2n) is 4.72. The van der Waals surface area contributed by atoms with Crippen molar-refractivity contribution in [1.29, 1.82) is 0 Å². The highest BCUT2D eigenvalue weighted by Crippen LogP contribution is 2.29. The van der Waals surface area contributed by atoms with Crippen molar-refractivity contribution in [3.8, 4) is 0 Å². The van der Waals surface area contributed by atoms with Gasteiger partial charge in [-0.25, -0.2) is 0 Å². The van der Waals surface area contributed by atoms with Gasteiger partial charge in [0.1, 0.15) is 0 Å². The summed E-state index contributed by atoms with van der Waals surface area (Å²) in [6, 6.07) is 0.704. The van der Waals surface area contributed by atoms with Crippen LogP contribution in [0.25, 0.3) is 0 Å². The molecule has 15 heavy (non-hydrogen) atoms. The van der Waals surface area contributed by atoms with Crippen molar-refractivity contribution < 1.29 is 0 Å². The van der Waals surface area contributed by atoms with E-state index in [1.165, 1.54) is 24.1 Å². The molecule has 2 nitrogen and oxygen atoms in total. The van der Waals surface area contributed by atoms with Crippen molar-refractivity contribution in [1.82, 2.24) is 10.3 Å². The summed E-state index contributed by atoms with van der Waals surface area (Å²) in [5.41, 5.74) is 1.91. The summed E-state index contributed by atoms with van der Waals surface area (Å²) in [6.07, 6.45) is 6.09. The lowest BCUT2D eigenvalue weighted by atomic mass is 9.78. The first-order valence-electron chi connectivity index (χ1n) is 5.88. The van der Waals surface area contributed by atoms with E-state index in [1.54, 1.807) is 11.3 Å². The highest BCUT2D eigenvalue weighted by atomic mass is 32.1. The van der Waals surface area contributed by atoms with Gasteiger partial charge in [0.05, 0.1) is 5.51 Å². The summed E-state index contributed by atoms with van der Waals surface area (Å²) in [7, 11) is 0. The van der Waals surface area contributed by atoms with E-state index < -0.39 is 0 Å². The predicted octanol–water partition coefficient (Wildman–Crippen LogP) is 3.06. The Morgan fingerprint density at radius 1 is 1.47 bits per heavy atom. The molecule has 1 fully saturated rings. The molecule has 3 atom stereocenters. The minimum absolute atomic E-state index is 0.704. The number of thiazole rings is 1. The summed E-state index contributed by atoms with van der Waals surface area (Å²) >= 11 is 1.74. The maximum atomic E-state index is 4.10. The van der Waals surface area contributed by atoms with Crippen molar-refractivity contribution >= 4 is 11.3 Å². The van der Waals surface area contributed by atoms with Gasteiger partial charge in [0.15, 0.2) is 0 Å². The fourth-order valence-corrected chi connectivity index (χ4v) is 2.98. The average molecular weight is 224 g/mol. The van der Waals surface area contributed by atoms with E-state index in [-0.39, 0.29) is 0 Å². The van der Waals surface area contributed by atoms with Crippen LogP contribution >= 0.6 is 11.3 Å². The molecule has 0 aliphatic heterocycles. The zero-order chi connectivity index (χ0) is 10.7. The van der Waals surface area contributed by atoms with Gasteiger partial charge in [0.2, 0.25) is 0 Å². The molecule has 0 unspecified atom stereocenters. The smallest absolute Gasteiger partial charge is 0.0794 e. The van der Waals surface area contributed by atoms with Crippen LogP contribution in [0.2, 0.25) is 0 Å². The summed E-state index contributed by atoms with van der Waals surface area (Å²) < 4.78 is 0. The Hall–Kier alpha value is -0.410. The topological polar surface area (TPSA) is 24.9 Å². The Bertz CT molecular complexity index is 284. The fraction of sp³-hybridized carbons (Fsp3) is 0.750. The number of hydrogen-bond donors (Lipinski definition) is 1. The summed E-state index contributed by atoms with van der Waals surface area (Å²) in [5.74, 6) is 1.68. The molecule has 0 bridgehead atoms. The number of hydrogen-bond acceptors (Lipinski definition) is 3. The SMILES string of the molecule is C[C@H]1[C@H](C)CCC[C@@H]1NCc1cncs1. The van der Waals surface area contributed by atoms with Gasteiger partial charge in [-0.2, -0.15) is 0 Å². The van der Waals surface area contributed by atoms with Crippen LogP contribution < -0.4 is 5.32 Å². The normalized spacial score (nSPS) is 31.7. The second-order valence-corrected chi connectivity index (χ2v) is 5.69. The van der Waals surface area contributed by atoms with Crippen LogP contribution in [-0.2, 0) is 6.54 Å². The largest absolute Gasteiger partial charge is 0.309 e. The quantitative estimate of drug-likeness (QED) is 0.853. The van der Waals surface area contributed by atoms with Gasteiger partial charge >= 0.3 is 0 Å². The molecule has 1 N–H and O–H groups in total. The van der Waals surface area contributed by atoms with Crippen LogP contribution in [0.1, 0.15) is 38.0 Å². The van der Waals surface area contributed by atoms with Crippen LogP contribution in [0.3, 0.4) is 0 Å². The third kappa shape index (κ3) is 2.79. The summed E-state index contributed by atoms with van der Waals surface area (Å²) in [6.45, 7) is 5.76. The van der Waals surface area contributed by atoms with Gasteiger partial charge in [0.25, 0.3) is 0 Å². The minimum atomic E-state index is 0.704. The molecule has 2 rings (SSSR count). The van der Waals surface area contributed by atoms with E-state index >= 15 is 0 Å². The van der Waals surface area contributed by atoms with Crippen LogP contribution in [-0.4, -0.2) is 11.0 Å². The van der Waals surface area contributed by atoms with Crippen molar-refractivity contribution in [2.24, 2.45) is 11.8 Å². The number of rotatable bonds is 3. The first kappa shape index (κ1) is 11.1. The molecule has 1 aliphatic rings. The van der Waals surface area contributed by atoms with Crippen LogP contribution in [0.4, 0.5) is 0 Å². The Labute approximate surface area is 96.1 Å². The van der Waals surface area contributed by atoms with Crippen LogP contribution in [0, 0.1) is 11.8 Å². The highest BCUT2D eigenvalue weighted by molar-refractivity contribution is 7.09. The zero-order valence-corrected chi connectivity index (χ0v) is 10.4. The van der Waals surface area contributed by atoms with E-state index in [0.717, 1.165) is 18.4 Å². The standard InChI is InChI=1S/C12H20N2S/c1-9-4-3-5-12(10(9)2)14-7-11-6-13-8-15-11/h6,8-10,12,14H,3-5,7H2,1-2H3/t9-,10+,12+/m1/s1. The molecule has 1 heterocycles. The lowest BCUT2D eigenvalue weighted by Crippen LogP contribution is -2.40. The molecular weight excluding hydrogens is 204 g/mol. The maximum absolute atomic E-state index is 4.10. The van der Waals surface area contributed by atoms with Gasteiger partial charge in [-0.3, -0.25) is 4.98 Å². The van der Waals surface area contributed by atoms with Crippen molar-refractivity contribution in [2.45, 2.75) is 45.7 Å². The van der Waals surface area contributed by atoms with Gasteiger partial charge < -0.3 is 5.32 Å². The maximum Gasteiger partial charge on any atom is 0.0794 e. The monoisotopic (exact) mass is 224 g/mol. The van der Waals surface area contributed by atoms with Gasteiger partial charge in [-0.15, -0.1) is 11.3 Å². The molecule has 0 amide bonds. The van der Waals surface area contributed by atoms with Crippen molar-refractivity contribution in [2.75, 3.05) is 0 Å². The zero-order valence-electron chi connectivity index (χ0n) is 9.57. The van der Waals surface area contributed by atoms with Gasteiger partial charge in [-0.05, 0) is 18.3 Å². The first-order chi connectivity index (χ1) is 7.27. The van der Waals surface area contributed by atoms with Gasteiger partial charge in [0, 0.05) is 23.7 Å². The fourth-order valence-electron chi connectivity index (χ4n) is 2.43. The lowest BCUT2D eigenvalue weighted by molar-refractivity contribution is 0.206. The Kier molecular flexibility index (Phi) is 3.76. The third-order valence-electron chi connectivity index (χ3n) is 3.73. The predicted molar refractivity (Wildman–Crippen MR) is 64.9 cm³/mol. The molecule has 1 aliphatic carbocycles. The number of nitrogens with one attached hydrogen (secondary N) is 1. The lowest BCUT2D eigenvalue weighted by Gasteiger charge is -2.34. The molecular formula is C12H20N2S. The van der Waals surface area contributed by atoms with E-state index in [0.29, 0.717) is 6.04 Å². The Morgan fingerprint density at radius 3 is 3.07 bits per heavy atom. The highest BCUT2D eigenvalue weighted by Gasteiger charge is 2.26. The molecule has 0 aromatic carbocycles. The molecule has 84 valence electrons.